The van der Waals surface area contributed by atoms with Crippen molar-refractivity contribution in [2.75, 3.05) is 38.7 Å². The van der Waals surface area contributed by atoms with Crippen molar-refractivity contribution in [3.63, 3.8) is 0 Å². The predicted octanol–water partition coefficient (Wildman–Crippen LogP) is 3.57. The number of amides is 2. The number of ether oxygens (including phenoxy) is 2. The van der Waals surface area contributed by atoms with Gasteiger partial charge in [-0.1, -0.05) is 6.07 Å². The van der Waals surface area contributed by atoms with Gasteiger partial charge >= 0.3 is 6.03 Å². The quantitative estimate of drug-likeness (QED) is 0.824. The molecule has 150 valence electrons. The Morgan fingerprint density at radius 3 is 2.78 bits per heavy atom. The van der Waals surface area contributed by atoms with Crippen LogP contribution in [0.25, 0.3) is 0 Å². The fourth-order valence-corrected chi connectivity index (χ4v) is 4.18. The van der Waals surface area contributed by atoms with Gasteiger partial charge in [0.15, 0.2) is 0 Å². The smallest absolute Gasteiger partial charge is 0.321 e. The predicted molar refractivity (Wildman–Crippen MR) is 105 cm³/mol. The second kappa shape index (κ2) is 8.93. The normalized spacial score (nSPS) is 22.3. The average Bonchev–Trinajstić information content (AvgIpc) is 2.69. The van der Waals surface area contributed by atoms with Crippen LogP contribution in [0.3, 0.4) is 0 Å². The minimum atomic E-state index is -0.125. The number of methoxy groups -OCH3 is 1. The van der Waals surface area contributed by atoms with Crippen molar-refractivity contribution in [3.05, 3.63) is 23.8 Å². The molecule has 2 aliphatic heterocycles. The number of carbonyl (C=O) groups is 1. The van der Waals surface area contributed by atoms with Crippen LogP contribution in [-0.2, 0) is 4.74 Å². The fraction of sp³-hybridized carbons (Fsp3) is 0.667. The van der Waals surface area contributed by atoms with Crippen LogP contribution in [0.5, 0.6) is 5.75 Å². The topological polar surface area (TPSA) is 71.0 Å². The van der Waals surface area contributed by atoms with Crippen molar-refractivity contribution in [1.82, 2.24) is 4.90 Å². The summed E-state index contributed by atoms with van der Waals surface area (Å²) in [5.41, 5.74) is 1.63. The lowest BCUT2D eigenvalue weighted by Gasteiger charge is -2.43. The summed E-state index contributed by atoms with van der Waals surface area (Å²) < 4.78 is 11.2. The molecular weight excluding hydrogens is 344 g/mol. The number of hydrogen-bond donors (Lipinski definition) is 2. The molecule has 6 heteroatoms. The highest BCUT2D eigenvalue weighted by Gasteiger charge is 2.38. The second-order valence-corrected chi connectivity index (χ2v) is 7.97. The Balaban J connectivity index is 1.57. The summed E-state index contributed by atoms with van der Waals surface area (Å²) >= 11 is 0. The first-order valence-corrected chi connectivity index (χ1v) is 9.98. The Kier molecular flexibility index (Phi) is 6.60. The Morgan fingerprint density at radius 2 is 2.15 bits per heavy atom. The van der Waals surface area contributed by atoms with E-state index in [-0.39, 0.29) is 24.2 Å². The molecule has 2 heterocycles. The van der Waals surface area contributed by atoms with E-state index in [1.807, 2.05) is 30.0 Å². The first-order valence-electron chi connectivity index (χ1n) is 9.98. The van der Waals surface area contributed by atoms with Crippen molar-refractivity contribution < 1.29 is 19.4 Å². The highest BCUT2D eigenvalue weighted by Crippen LogP contribution is 2.38. The third kappa shape index (κ3) is 4.93. The van der Waals surface area contributed by atoms with Crippen LogP contribution < -0.4 is 10.1 Å². The standard InChI is InChI=1S/C21H32N2O4/c1-16-6-7-19(26-2)18(13-16)22-20(25)23-10-8-21(15-24,9-11-23)14-17-5-3-4-12-27-17/h6-7,13,17,24H,3-5,8-12,14-15H2,1-2H3,(H,22,25). The summed E-state index contributed by atoms with van der Waals surface area (Å²) in [5.74, 6) is 0.658. The van der Waals surface area contributed by atoms with Crippen molar-refractivity contribution >= 4 is 11.7 Å². The van der Waals surface area contributed by atoms with E-state index < -0.39 is 0 Å². The van der Waals surface area contributed by atoms with Gasteiger partial charge in [-0.05, 0) is 68.6 Å². The zero-order chi connectivity index (χ0) is 19.3. The van der Waals surface area contributed by atoms with Gasteiger partial charge in [0, 0.05) is 26.3 Å². The van der Waals surface area contributed by atoms with Gasteiger partial charge < -0.3 is 24.8 Å². The molecule has 3 rings (SSSR count). The zero-order valence-corrected chi connectivity index (χ0v) is 16.5. The maximum absolute atomic E-state index is 12.7. The number of nitrogens with one attached hydrogen (secondary N) is 1. The van der Waals surface area contributed by atoms with Crippen LogP contribution >= 0.6 is 0 Å². The van der Waals surface area contributed by atoms with Crippen LogP contribution in [-0.4, -0.2) is 55.6 Å². The van der Waals surface area contributed by atoms with Crippen LogP contribution in [0.1, 0.15) is 44.1 Å². The van der Waals surface area contributed by atoms with E-state index in [1.165, 1.54) is 6.42 Å². The number of piperidine rings is 1. The van der Waals surface area contributed by atoms with Gasteiger partial charge in [0.1, 0.15) is 5.75 Å². The second-order valence-electron chi connectivity index (χ2n) is 7.97. The Labute approximate surface area is 161 Å². The molecule has 2 amide bonds. The summed E-state index contributed by atoms with van der Waals surface area (Å²) in [6.07, 6.45) is 6.19. The highest BCUT2D eigenvalue weighted by molar-refractivity contribution is 5.91. The van der Waals surface area contributed by atoms with Gasteiger partial charge in [-0.2, -0.15) is 0 Å². The number of aliphatic hydroxyl groups excluding tert-OH is 1. The van der Waals surface area contributed by atoms with Crippen LogP contribution in [0.15, 0.2) is 18.2 Å². The van der Waals surface area contributed by atoms with E-state index in [2.05, 4.69) is 5.32 Å². The van der Waals surface area contributed by atoms with Gasteiger partial charge in [-0.15, -0.1) is 0 Å². The largest absolute Gasteiger partial charge is 0.495 e. The first kappa shape index (κ1) is 20.0. The molecule has 0 saturated carbocycles. The molecule has 2 saturated heterocycles. The molecule has 0 spiro atoms. The van der Waals surface area contributed by atoms with Crippen molar-refractivity contribution in [3.8, 4) is 5.75 Å². The maximum atomic E-state index is 12.7. The fourth-order valence-electron chi connectivity index (χ4n) is 4.18. The summed E-state index contributed by atoms with van der Waals surface area (Å²) in [5, 5.41) is 13.0. The molecular formula is C21H32N2O4. The molecule has 0 aromatic heterocycles. The lowest BCUT2D eigenvalue weighted by Crippen LogP contribution is -2.47. The van der Waals surface area contributed by atoms with E-state index in [1.54, 1.807) is 7.11 Å². The van der Waals surface area contributed by atoms with Gasteiger partial charge in [0.25, 0.3) is 0 Å². The Hall–Kier alpha value is -1.79. The molecule has 1 atom stereocenters. The molecule has 1 aromatic rings. The minimum absolute atomic E-state index is 0.112. The van der Waals surface area contributed by atoms with Crippen molar-refractivity contribution in [2.24, 2.45) is 5.41 Å². The average molecular weight is 376 g/mol. The molecule has 6 nitrogen and oxygen atoms in total. The monoisotopic (exact) mass is 376 g/mol. The highest BCUT2D eigenvalue weighted by atomic mass is 16.5. The minimum Gasteiger partial charge on any atom is -0.495 e. The molecule has 2 aliphatic rings. The van der Waals surface area contributed by atoms with Gasteiger partial charge in [-0.25, -0.2) is 4.79 Å². The van der Waals surface area contributed by atoms with Crippen LogP contribution in [0, 0.1) is 12.3 Å². The van der Waals surface area contributed by atoms with Crippen LogP contribution in [0.4, 0.5) is 10.5 Å². The van der Waals surface area contributed by atoms with Crippen LogP contribution in [0.2, 0.25) is 0 Å². The lowest BCUT2D eigenvalue weighted by atomic mass is 9.74. The number of nitrogens with zero attached hydrogens (tertiary/aromatic N) is 1. The maximum Gasteiger partial charge on any atom is 0.321 e. The number of likely N-dealkylation sites (tertiary alicyclic amines) is 1. The number of aryl methyl sites for hydroxylation is 1. The molecule has 0 bridgehead atoms. The Morgan fingerprint density at radius 1 is 1.37 bits per heavy atom. The van der Waals surface area contributed by atoms with E-state index in [0.717, 1.165) is 44.3 Å². The lowest BCUT2D eigenvalue weighted by molar-refractivity contribution is -0.0440. The molecule has 2 fully saturated rings. The number of carbonyl (C=O) groups excluding carboxylic acids is 1. The van der Waals surface area contributed by atoms with Gasteiger partial charge in [-0.3, -0.25) is 0 Å². The number of rotatable bonds is 5. The van der Waals surface area contributed by atoms with E-state index >= 15 is 0 Å². The molecule has 2 N–H and O–H groups in total. The van der Waals surface area contributed by atoms with E-state index in [0.29, 0.717) is 24.5 Å². The zero-order valence-electron chi connectivity index (χ0n) is 16.5. The first-order chi connectivity index (χ1) is 13.0. The number of urea groups is 1. The number of hydrogen-bond acceptors (Lipinski definition) is 4. The molecule has 27 heavy (non-hydrogen) atoms. The van der Waals surface area contributed by atoms with Crippen molar-refractivity contribution in [2.45, 2.75) is 51.6 Å². The van der Waals surface area contributed by atoms with Gasteiger partial charge in [0.05, 0.1) is 18.9 Å². The summed E-state index contributed by atoms with van der Waals surface area (Å²) in [6.45, 7) is 4.27. The Bertz CT molecular complexity index is 635. The third-order valence-corrected chi connectivity index (χ3v) is 5.98. The summed E-state index contributed by atoms with van der Waals surface area (Å²) in [6, 6.07) is 5.62. The molecule has 0 aliphatic carbocycles. The summed E-state index contributed by atoms with van der Waals surface area (Å²) in [7, 11) is 1.60. The van der Waals surface area contributed by atoms with Gasteiger partial charge in [0.2, 0.25) is 0 Å². The number of aliphatic hydroxyl groups is 1. The SMILES string of the molecule is COc1ccc(C)cc1NC(=O)N1CCC(CO)(CC2CCCCO2)CC1. The van der Waals surface area contributed by atoms with Crippen molar-refractivity contribution in [1.29, 1.82) is 0 Å². The number of benzene rings is 1. The van der Waals surface area contributed by atoms with E-state index in [4.69, 9.17) is 9.47 Å². The molecule has 1 unspecified atom stereocenters. The summed E-state index contributed by atoms with van der Waals surface area (Å²) in [4.78, 5) is 14.5. The molecule has 0 radical (unpaired) electrons. The number of anilines is 1. The van der Waals surface area contributed by atoms with E-state index in [9.17, 15) is 9.90 Å². The third-order valence-electron chi connectivity index (χ3n) is 5.98. The molecule has 1 aromatic carbocycles.